The maximum atomic E-state index is 12.2. The molecular formula is C21H20N2O5. The lowest BCUT2D eigenvalue weighted by Gasteiger charge is -2.08. The summed E-state index contributed by atoms with van der Waals surface area (Å²) in [6.07, 6.45) is 1.60. The average molecular weight is 380 g/mol. The molecule has 28 heavy (non-hydrogen) atoms. The number of esters is 1. The highest BCUT2D eigenvalue weighted by molar-refractivity contribution is 6.13. The van der Waals surface area contributed by atoms with Crippen LogP contribution < -0.4 is 4.74 Å². The number of nitro groups is 1. The van der Waals surface area contributed by atoms with E-state index in [2.05, 4.69) is 18.8 Å². The summed E-state index contributed by atoms with van der Waals surface area (Å²) < 4.78 is 10.9. The first kappa shape index (κ1) is 19.3. The zero-order valence-corrected chi connectivity index (χ0v) is 15.8. The summed E-state index contributed by atoms with van der Waals surface area (Å²) in [7, 11) is 0. The summed E-state index contributed by atoms with van der Waals surface area (Å²) in [6, 6.07) is 11.9. The van der Waals surface area contributed by atoms with Gasteiger partial charge in [0.2, 0.25) is 5.90 Å². The number of cyclic esters (lactones) is 1. The molecule has 0 amide bonds. The predicted molar refractivity (Wildman–Crippen MR) is 105 cm³/mol. The second-order valence-electron chi connectivity index (χ2n) is 6.87. The van der Waals surface area contributed by atoms with Gasteiger partial charge in [-0.3, -0.25) is 10.1 Å². The third kappa shape index (κ3) is 4.43. The van der Waals surface area contributed by atoms with Gasteiger partial charge < -0.3 is 9.47 Å². The zero-order chi connectivity index (χ0) is 20.3. The standard InChI is InChI=1S/C21H20N2O5/c1-13(2)12-27-17-6-4-5-15(9-17)10-18-21(24)28-20(22-18)16-8-7-14(3)19(11-16)23(25)26/h4-11,13H,12H2,1-3H3/b18-10-. The lowest BCUT2D eigenvalue weighted by Crippen LogP contribution is -2.06. The number of rotatable bonds is 6. The summed E-state index contributed by atoms with van der Waals surface area (Å²) in [5.41, 5.74) is 1.71. The molecule has 1 heterocycles. The molecule has 0 aromatic heterocycles. The van der Waals surface area contributed by atoms with Crippen molar-refractivity contribution in [1.29, 1.82) is 0 Å². The van der Waals surface area contributed by atoms with Crippen LogP contribution in [-0.4, -0.2) is 23.4 Å². The number of hydrogen-bond donors (Lipinski definition) is 0. The lowest BCUT2D eigenvalue weighted by atomic mass is 10.1. The highest BCUT2D eigenvalue weighted by Crippen LogP contribution is 2.25. The Morgan fingerprint density at radius 3 is 2.75 bits per heavy atom. The van der Waals surface area contributed by atoms with Crippen molar-refractivity contribution in [1.82, 2.24) is 0 Å². The third-order valence-electron chi connectivity index (χ3n) is 4.02. The summed E-state index contributed by atoms with van der Waals surface area (Å²) in [5, 5.41) is 11.1. The van der Waals surface area contributed by atoms with E-state index in [1.54, 1.807) is 25.1 Å². The molecule has 2 aromatic rings. The molecule has 0 saturated carbocycles. The van der Waals surface area contributed by atoms with Crippen molar-refractivity contribution in [2.24, 2.45) is 10.9 Å². The van der Waals surface area contributed by atoms with Gasteiger partial charge in [0.15, 0.2) is 5.70 Å². The van der Waals surface area contributed by atoms with E-state index >= 15 is 0 Å². The normalized spacial score (nSPS) is 14.9. The van der Waals surface area contributed by atoms with Gasteiger partial charge in [0, 0.05) is 17.2 Å². The highest BCUT2D eigenvalue weighted by atomic mass is 16.6. The second-order valence-corrected chi connectivity index (χ2v) is 6.87. The number of ether oxygens (including phenoxy) is 2. The van der Waals surface area contributed by atoms with Crippen LogP contribution in [-0.2, 0) is 9.53 Å². The molecule has 0 saturated heterocycles. The van der Waals surface area contributed by atoms with E-state index in [0.717, 1.165) is 5.56 Å². The summed E-state index contributed by atoms with van der Waals surface area (Å²) >= 11 is 0. The van der Waals surface area contributed by atoms with Gasteiger partial charge in [0.1, 0.15) is 5.75 Å². The Bertz CT molecular complexity index is 992. The van der Waals surface area contributed by atoms with Crippen LogP contribution in [0.1, 0.15) is 30.5 Å². The Morgan fingerprint density at radius 1 is 1.25 bits per heavy atom. The number of hydrogen-bond acceptors (Lipinski definition) is 6. The third-order valence-corrected chi connectivity index (χ3v) is 4.02. The van der Waals surface area contributed by atoms with Crippen LogP contribution in [0.3, 0.4) is 0 Å². The molecule has 0 unspecified atom stereocenters. The smallest absolute Gasteiger partial charge is 0.363 e. The first-order chi connectivity index (χ1) is 13.3. The summed E-state index contributed by atoms with van der Waals surface area (Å²) in [4.78, 5) is 27.0. The molecule has 7 heteroatoms. The lowest BCUT2D eigenvalue weighted by molar-refractivity contribution is -0.385. The maximum Gasteiger partial charge on any atom is 0.363 e. The number of carbonyl (C=O) groups is 1. The molecule has 1 aliphatic heterocycles. The van der Waals surface area contributed by atoms with Gasteiger partial charge >= 0.3 is 5.97 Å². The molecule has 3 rings (SSSR count). The molecule has 1 aliphatic rings. The van der Waals surface area contributed by atoms with Gasteiger partial charge in [-0.2, -0.15) is 0 Å². The number of aryl methyl sites for hydroxylation is 1. The van der Waals surface area contributed by atoms with Crippen molar-refractivity contribution in [2.75, 3.05) is 6.61 Å². The number of nitrogens with zero attached hydrogens (tertiary/aromatic N) is 2. The molecule has 2 aromatic carbocycles. The first-order valence-corrected chi connectivity index (χ1v) is 8.84. The fourth-order valence-electron chi connectivity index (χ4n) is 2.59. The average Bonchev–Trinajstić information content (AvgIpc) is 3.01. The number of carbonyl (C=O) groups excluding carboxylic acids is 1. The van der Waals surface area contributed by atoms with Crippen molar-refractivity contribution in [3.05, 3.63) is 75.0 Å². The molecule has 144 valence electrons. The topological polar surface area (TPSA) is 91.0 Å². The number of benzene rings is 2. The summed E-state index contributed by atoms with van der Waals surface area (Å²) in [5.74, 6) is 0.545. The van der Waals surface area contributed by atoms with Crippen molar-refractivity contribution in [3.8, 4) is 5.75 Å². The Hall–Kier alpha value is -3.48. The minimum absolute atomic E-state index is 0.0477. The van der Waals surface area contributed by atoms with Crippen LogP contribution in [0, 0.1) is 23.0 Å². The van der Waals surface area contributed by atoms with Crippen molar-refractivity contribution < 1.29 is 19.2 Å². The van der Waals surface area contributed by atoms with Crippen molar-refractivity contribution in [3.63, 3.8) is 0 Å². The van der Waals surface area contributed by atoms with E-state index < -0.39 is 10.9 Å². The minimum Gasteiger partial charge on any atom is -0.493 e. The first-order valence-electron chi connectivity index (χ1n) is 8.84. The fraction of sp³-hybridized carbons (Fsp3) is 0.238. The quantitative estimate of drug-likeness (QED) is 0.323. The highest BCUT2D eigenvalue weighted by Gasteiger charge is 2.25. The van der Waals surface area contributed by atoms with E-state index in [1.165, 1.54) is 6.07 Å². The Morgan fingerprint density at radius 2 is 2.04 bits per heavy atom. The maximum absolute atomic E-state index is 12.2. The Kier molecular flexibility index (Phi) is 5.54. The van der Waals surface area contributed by atoms with Crippen LogP contribution in [0.5, 0.6) is 5.75 Å². The van der Waals surface area contributed by atoms with Crippen molar-refractivity contribution >= 4 is 23.6 Å². The van der Waals surface area contributed by atoms with Gasteiger partial charge in [-0.1, -0.05) is 32.0 Å². The van der Waals surface area contributed by atoms with Gasteiger partial charge in [0.05, 0.1) is 11.5 Å². The van der Waals surface area contributed by atoms with E-state index in [-0.39, 0.29) is 17.3 Å². The second kappa shape index (κ2) is 8.04. The molecule has 0 fully saturated rings. The largest absolute Gasteiger partial charge is 0.493 e. The molecule has 0 N–H and O–H groups in total. The van der Waals surface area contributed by atoms with Crippen LogP contribution in [0.4, 0.5) is 5.69 Å². The van der Waals surface area contributed by atoms with Gasteiger partial charge in [-0.25, -0.2) is 9.79 Å². The molecule has 0 spiro atoms. The van der Waals surface area contributed by atoms with E-state index in [9.17, 15) is 14.9 Å². The van der Waals surface area contributed by atoms with Crippen LogP contribution in [0.15, 0.2) is 53.2 Å². The van der Waals surface area contributed by atoms with Gasteiger partial charge in [-0.05, 0) is 42.7 Å². The number of aliphatic imine (C=N–C) groups is 1. The monoisotopic (exact) mass is 380 g/mol. The molecule has 0 aliphatic carbocycles. The minimum atomic E-state index is -0.605. The van der Waals surface area contributed by atoms with Crippen LogP contribution >= 0.6 is 0 Å². The van der Waals surface area contributed by atoms with E-state index in [0.29, 0.717) is 29.4 Å². The Labute approximate surface area is 162 Å². The number of nitro benzene ring substituents is 1. The van der Waals surface area contributed by atoms with Gasteiger partial charge in [0.25, 0.3) is 5.69 Å². The zero-order valence-electron chi connectivity index (χ0n) is 15.8. The molecule has 0 bridgehead atoms. The molecular weight excluding hydrogens is 360 g/mol. The van der Waals surface area contributed by atoms with Crippen LogP contribution in [0.2, 0.25) is 0 Å². The predicted octanol–water partition coefficient (Wildman–Crippen LogP) is 4.28. The van der Waals surface area contributed by atoms with Crippen molar-refractivity contribution in [2.45, 2.75) is 20.8 Å². The van der Waals surface area contributed by atoms with Crippen LogP contribution in [0.25, 0.3) is 6.08 Å². The van der Waals surface area contributed by atoms with Gasteiger partial charge in [-0.15, -0.1) is 0 Å². The molecule has 0 atom stereocenters. The molecule has 7 nitrogen and oxygen atoms in total. The fourth-order valence-corrected chi connectivity index (χ4v) is 2.59. The van der Waals surface area contributed by atoms with E-state index in [4.69, 9.17) is 9.47 Å². The Balaban J connectivity index is 1.87. The molecule has 0 radical (unpaired) electrons. The SMILES string of the molecule is Cc1ccc(C2=N/C(=C\c3cccc(OCC(C)C)c3)C(=O)O2)cc1[N+](=O)[O-]. The summed E-state index contributed by atoms with van der Waals surface area (Å²) in [6.45, 7) is 6.36. The van der Waals surface area contributed by atoms with E-state index in [1.807, 2.05) is 24.3 Å².